The molecule has 4 heteroatoms. The number of amides is 1. The van der Waals surface area contributed by atoms with E-state index >= 15 is 0 Å². The maximum absolute atomic E-state index is 10.5. The first kappa shape index (κ1) is 8.10. The van der Waals surface area contributed by atoms with Gasteiger partial charge >= 0.3 is 0 Å². The van der Waals surface area contributed by atoms with Crippen LogP contribution in [0.4, 0.5) is 0 Å². The Balaban J connectivity index is 2.34. The summed E-state index contributed by atoms with van der Waals surface area (Å²) in [5.41, 5.74) is 0.614. The number of carbonyl (C=O) groups excluding carboxylic acids is 1. The lowest BCUT2D eigenvalue weighted by Crippen LogP contribution is -2.06. The molecule has 1 heterocycles. The molecule has 1 rings (SSSR count). The molecule has 0 saturated heterocycles. The van der Waals surface area contributed by atoms with Crippen molar-refractivity contribution in [3.63, 3.8) is 0 Å². The van der Waals surface area contributed by atoms with Gasteiger partial charge in [-0.2, -0.15) is 0 Å². The molecule has 0 radical (unpaired) electrons. The van der Waals surface area contributed by atoms with Gasteiger partial charge in [0, 0.05) is 18.2 Å². The van der Waals surface area contributed by atoms with Crippen LogP contribution in [0.1, 0.15) is 12.8 Å². The van der Waals surface area contributed by atoms with Gasteiger partial charge in [0.25, 0.3) is 5.91 Å². The van der Waals surface area contributed by atoms with Crippen LogP contribution in [0.3, 0.4) is 0 Å². The van der Waals surface area contributed by atoms with Crippen molar-refractivity contribution in [1.82, 2.24) is 0 Å². The quantitative estimate of drug-likeness (QED) is 0.545. The molecular weight excluding hydrogens is 146 g/mol. The van der Waals surface area contributed by atoms with Crippen LogP contribution in [0.5, 0.6) is 0 Å². The summed E-state index contributed by atoms with van der Waals surface area (Å²) in [6.45, 7) is 0. The van der Waals surface area contributed by atoms with Gasteiger partial charge in [-0.05, 0) is 12.5 Å². The molecule has 0 spiro atoms. The summed E-state index contributed by atoms with van der Waals surface area (Å²) in [6, 6.07) is 0. The van der Waals surface area contributed by atoms with Crippen molar-refractivity contribution in [2.75, 3.05) is 0 Å². The van der Waals surface area contributed by atoms with Gasteiger partial charge in [0.2, 0.25) is 0 Å². The summed E-state index contributed by atoms with van der Waals surface area (Å²) in [4.78, 5) is 14.1. The van der Waals surface area contributed by atoms with E-state index in [1.807, 2.05) is 0 Å². The zero-order valence-electron chi connectivity index (χ0n) is 5.90. The zero-order chi connectivity index (χ0) is 8.27. The number of aliphatic hydroxyl groups excluding tert-OH is 1. The molecule has 1 aliphatic heterocycles. The zero-order valence-corrected chi connectivity index (χ0v) is 5.90. The van der Waals surface area contributed by atoms with E-state index < -0.39 is 6.29 Å². The molecule has 4 nitrogen and oxygen atoms in total. The molecule has 0 saturated carbocycles. The number of hydrogen-bond acceptors (Lipinski definition) is 3. The minimum Gasteiger partial charge on any atom is -0.368 e. The lowest BCUT2D eigenvalue weighted by Gasteiger charge is -1.99. The third-order valence-corrected chi connectivity index (χ3v) is 1.33. The van der Waals surface area contributed by atoms with Crippen molar-refractivity contribution in [3.8, 4) is 0 Å². The van der Waals surface area contributed by atoms with Crippen LogP contribution < -0.4 is 0 Å². The summed E-state index contributed by atoms with van der Waals surface area (Å²) in [6.07, 6.45) is 2.28. The summed E-state index contributed by atoms with van der Waals surface area (Å²) in [7, 11) is 0. The second-order valence-corrected chi connectivity index (χ2v) is 2.29. The molecule has 2 N–H and O–H groups in total. The maximum Gasteiger partial charge on any atom is 0.269 e. The number of allylic oxidation sites excluding steroid dienone is 1. The fourth-order valence-corrected chi connectivity index (χ4v) is 0.800. The Morgan fingerprint density at radius 1 is 1.45 bits per heavy atom. The molecule has 0 aromatic carbocycles. The van der Waals surface area contributed by atoms with Crippen LogP contribution in [0.15, 0.2) is 17.1 Å². The Morgan fingerprint density at radius 3 is 2.64 bits per heavy atom. The van der Waals surface area contributed by atoms with Crippen LogP contribution in [-0.2, 0) is 4.79 Å². The highest BCUT2D eigenvalue weighted by atomic mass is 16.5. The Bertz CT molecular complexity index is 218. The van der Waals surface area contributed by atoms with Crippen molar-refractivity contribution in [2.24, 2.45) is 4.99 Å². The topological polar surface area (TPSA) is 69.9 Å². The van der Waals surface area contributed by atoms with Gasteiger partial charge in [-0.25, -0.2) is 4.99 Å². The van der Waals surface area contributed by atoms with Crippen molar-refractivity contribution in [3.05, 3.63) is 12.2 Å². The molecule has 1 amide bonds. The average Bonchev–Trinajstić information content (AvgIpc) is 2.31. The van der Waals surface area contributed by atoms with Gasteiger partial charge in [-0.15, -0.1) is 0 Å². The highest BCUT2D eigenvalue weighted by molar-refractivity contribution is 6.12. The molecule has 0 aromatic rings. The van der Waals surface area contributed by atoms with Crippen LogP contribution in [-0.4, -0.2) is 28.1 Å². The number of nitrogens with zero attached hydrogens (tertiary/aromatic N) is 1. The summed E-state index contributed by atoms with van der Waals surface area (Å²) in [5, 5.41) is 16.9. The van der Waals surface area contributed by atoms with E-state index in [0.29, 0.717) is 12.1 Å². The van der Waals surface area contributed by atoms with Crippen LogP contribution in [0, 0.1) is 0 Å². The first-order chi connectivity index (χ1) is 5.18. The number of aliphatic hydroxyl groups is 2. The minimum absolute atomic E-state index is 0.219. The van der Waals surface area contributed by atoms with E-state index in [4.69, 9.17) is 10.2 Å². The minimum atomic E-state index is -1.32. The molecule has 11 heavy (non-hydrogen) atoms. The molecular formula is C7H9NO3. The molecule has 0 bridgehead atoms. The van der Waals surface area contributed by atoms with Gasteiger partial charge in [0.15, 0.2) is 6.29 Å². The average molecular weight is 155 g/mol. The van der Waals surface area contributed by atoms with Crippen molar-refractivity contribution in [2.45, 2.75) is 19.1 Å². The Morgan fingerprint density at radius 2 is 2.18 bits per heavy atom. The van der Waals surface area contributed by atoms with Gasteiger partial charge < -0.3 is 10.2 Å². The highest BCUT2D eigenvalue weighted by Crippen LogP contribution is 2.03. The van der Waals surface area contributed by atoms with E-state index in [1.54, 1.807) is 6.08 Å². The van der Waals surface area contributed by atoms with E-state index in [1.165, 1.54) is 6.08 Å². The van der Waals surface area contributed by atoms with Crippen molar-refractivity contribution >= 4 is 11.6 Å². The third-order valence-electron chi connectivity index (χ3n) is 1.33. The monoisotopic (exact) mass is 155 g/mol. The highest BCUT2D eigenvalue weighted by Gasteiger charge is 2.07. The number of aliphatic imine (C=N–C) groups is 1. The number of rotatable bonds is 3. The van der Waals surface area contributed by atoms with Crippen molar-refractivity contribution < 1.29 is 15.0 Å². The van der Waals surface area contributed by atoms with Crippen LogP contribution >= 0.6 is 0 Å². The van der Waals surface area contributed by atoms with Gasteiger partial charge in [0.05, 0.1) is 0 Å². The predicted octanol–water partition coefficient (Wildman–Crippen LogP) is -0.385. The fourth-order valence-electron chi connectivity index (χ4n) is 0.800. The normalized spacial score (nSPS) is 16.3. The second-order valence-electron chi connectivity index (χ2n) is 2.29. The molecule has 0 unspecified atom stereocenters. The van der Waals surface area contributed by atoms with Gasteiger partial charge in [-0.3, -0.25) is 4.79 Å². The lowest BCUT2D eigenvalue weighted by molar-refractivity contribution is -0.113. The number of hydrogen-bond donors (Lipinski definition) is 2. The molecule has 0 aliphatic carbocycles. The van der Waals surface area contributed by atoms with Gasteiger partial charge in [0.1, 0.15) is 0 Å². The van der Waals surface area contributed by atoms with E-state index in [9.17, 15) is 4.79 Å². The fraction of sp³-hybridized carbons (Fsp3) is 0.429. The van der Waals surface area contributed by atoms with Crippen LogP contribution in [0.25, 0.3) is 0 Å². The number of carbonyl (C=O) groups is 1. The maximum atomic E-state index is 10.5. The van der Waals surface area contributed by atoms with Crippen LogP contribution in [0.2, 0.25) is 0 Å². The summed E-state index contributed by atoms with van der Waals surface area (Å²) < 4.78 is 0. The van der Waals surface area contributed by atoms with E-state index in [-0.39, 0.29) is 12.3 Å². The Hall–Kier alpha value is -1.00. The third kappa shape index (κ3) is 2.61. The Labute approximate surface area is 63.9 Å². The smallest absolute Gasteiger partial charge is 0.269 e. The second kappa shape index (κ2) is 3.41. The summed E-state index contributed by atoms with van der Waals surface area (Å²) >= 11 is 0. The molecule has 60 valence electrons. The Kier molecular flexibility index (Phi) is 2.51. The SMILES string of the molecule is O=C1C=CC(CCC(O)O)=N1. The first-order valence-electron chi connectivity index (χ1n) is 3.34. The largest absolute Gasteiger partial charge is 0.368 e. The molecule has 0 aromatic heterocycles. The lowest BCUT2D eigenvalue weighted by atomic mass is 10.2. The van der Waals surface area contributed by atoms with E-state index in [2.05, 4.69) is 4.99 Å². The predicted molar refractivity (Wildman–Crippen MR) is 39.0 cm³/mol. The summed E-state index contributed by atoms with van der Waals surface area (Å²) in [5.74, 6) is -0.271. The van der Waals surface area contributed by atoms with E-state index in [0.717, 1.165) is 0 Å². The molecule has 0 atom stereocenters. The van der Waals surface area contributed by atoms with Gasteiger partial charge in [-0.1, -0.05) is 0 Å². The van der Waals surface area contributed by atoms with Crippen molar-refractivity contribution in [1.29, 1.82) is 0 Å². The molecule has 1 aliphatic rings. The standard InChI is InChI=1S/C7H9NO3/c9-6-3-1-5(8-6)2-4-7(10)11/h1,3,7,10-11H,2,4H2. The molecule has 0 fully saturated rings. The first-order valence-corrected chi connectivity index (χ1v) is 3.34.